The maximum Gasteiger partial charge on any atom is 0.213 e. The monoisotopic (exact) mass is 442 g/mol. The summed E-state index contributed by atoms with van der Waals surface area (Å²) in [6, 6.07) is 14.3. The third kappa shape index (κ3) is 7.65. The van der Waals surface area contributed by atoms with E-state index in [-0.39, 0.29) is 0 Å². The molecule has 0 saturated heterocycles. The lowest BCUT2D eigenvalue weighted by atomic mass is 9.95. The molecule has 2 N–H and O–H groups in total. The van der Waals surface area contributed by atoms with Gasteiger partial charge in [-0.15, -0.1) is 0 Å². The lowest BCUT2D eigenvalue weighted by molar-refractivity contribution is 0.293. The van der Waals surface area contributed by atoms with Crippen LogP contribution < -0.4 is 15.4 Å². The summed E-state index contributed by atoms with van der Waals surface area (Å²) >= 11 is 0. The van der Waals surface area contributed by atoms with Crippen molar-refractivity contribution >= 4 is 16.8 Å². The van der Waals surface area contributed by atoms with E-state index in [2.05, 4.69) is 22.5 Å². The van der Waals surface area contributed by atoms with Crippen LogP contribution >= 0.6 is 0 Å². The van der Waals surface area contributed by atoms with E-state index in [9.17, 15) is 4.21 Å². The molecule has 1 saturated carbocycles. The molecule has 1 heterocycles. The summed E-state index contributed by atoms with van der Waals surface area (Å²) in [6.07, 6.45) is 5.97. The second-order valence-corrected chi connectivity index (χ2v) is 9.78. The Morgan fingerprint density at radius 1 is 1.19 bits per heavy atom. The summed E-state index contributed by atoms with van der Waals surface area (Å²) < 4.78 is 18.1. The molecule has 0 radical (unpaired) electrons. The maximum atomic E-state index is 12.2. The van der Waals surface area contributed by atoms with E-state index in [1.165, 1.54) is 0 Å². The van der Waals surface area contributed by atoms with Crippen molar-refractivity contribution in [3.8, 4) is 5.88 Å². The highest BCUT2D eigenvalue weighted by molar-refractivity contribution is 7.85. The van der Waals surface area contributed by atoms with Crippen LogP contribution in [0.1, 0.15) is 50.7 Å². The van der Waals surface area contributed by atoms with E-state index in [1.54, 1.807) is 6.20 Å². The normalized spacial score (nSPS) is 20.1. The van der Waals surface area contributed by atoms with Crippen LogP contribution in [0.5, 0.6) is 5.88 Å². The Balaban J connectivity index is 1.57. The molecule has 3 unspecified atom stereocenters. The van der Waals surface area contributed by atoms with E-state index >= 15 is 0 Å². The molecule has 1 aromatic heterocycles. The minimum atomic E-state index is -0.726. The smallest absolute Gasteiger partial charge is 0.213 e. The van der Waals surface area contributed by atoms with Gasteiger partial charge in [-0.3, -0.25) is 4.21 Å². The first-order valence-electron chi connectivity index (χ1n) is 11.2. The Kier molecular flexibility index (Phi) is 9.34. The van der Waals surface area contributed by atoms with Gasteiger partial charge in [0, 0.05) is 46.7 Å². The third-order valence-electron chi connectivity index (χ3n) is 5.42. The first-order valence-corrected chi connectivity index (χ1v) is 12.6. The van der Waals surface area contributed by atoms with E-state index in [0.29, 0.717) is 30.3 Å². The van der Waals surface area contributed by atoms with Gasteiger partial charge in [-0.2, -0.15) is 0 Å². The van der Waals surface area contributed by atoms with Gasteiger partial charge in [0.25, 0.3) is 0 Å². The van der Waals surface area contributed by atoms with Crippen molar-refractivity contribution < 1.29 is 8.95 Å². The molecule has 168 valence electrons. The van der Waals surface area contributed by atoms with Gasteiger partial charge in [0.1, 0.15) is 6.61 Å². The quantitative estimate of drug-likeness (QED) is 0.456. The molecule has 1 aromatic carbocycles. The Morgan fingerprint density at radius 2 is 2.03 bits per heavy atom. The number of aromatic nitrogens is 1. The lowest BCUT2D eigenvalue weighted by Gasteiger charge is -2.30. The molecule has 0 amide bonds. The highest BCUT2D eigenvalue weighted by atomic mass is 32.2. The van der Waals surface area contributed by atoms with Crippen molar-refractivity contribution in [2.75, 3.05) is 12.3 Å². The molecular formula is C24H34N4O2S. The van der Waals surface area contributed by atoms with Gasteiger partial charge in [-0.05, 0) is 43.4 Å². The second-order valence-electron chi connectivity index (χ2n) is 7.77. The molecule has 3 rings (SSSR count). The van der Waals surface area contributed by atoms with E-state index < -0.39 is 10.8 Å². The minimum Gasteiger partial charge on any atom is -0.473 e. The number of nitrogens with zero attached hydrogens (tertiary/aromatic N) is 2. The summed E-state index contributed by atoms with van der Waals surface area (Å²) in [7, 11) is -0.726. The predicted molar refractivity (Wildman–Crippen MR) is 128 cm³/mol. The van der Waals surface area contributed by atoms with Gasteiger partial charge in [0.05, 0.1) is 6.54 Å². The predicted octanol–water partition coefficient (Wildman–Crippen LogP) is 3.80. The van der Waals surface area contributed by atoms with Crippen LogP contribution in [0, 0.1) is 0 Å². The lowest BCUT2D eigenvalue weighted by Crippen LogP contribution is -2.46. The Labute approximate surface area is 188 Å². The van der Waals surface area contributed by atoms with Crippen LogP contribution in [0.2, 0.25) is 0 Å². The van der Waals surface area contributed by atoms with Crippen LogP contribution in [0.4, 0.5) is 0 Å². The minimum absolute atomic E-state index is 0.295. The number of hydrogen-bond acceptors (Lipinski definition) is 4. The van der Waals surface area contributed by atoms with Crippen LogP contribution in [0.25, 0.3) is 0 Å². The summed E-state index contributed by atoms with van der Waals surface area (Å²) in [5.74, 6) is 2.15. The zero-order valence-electron chi connectivity index (χ0n) is 18.5. The fourth-order valence-electron chi connectivity index (χ4n) is 3.79. The summed E-state index contributed by atoms with van der Waals surface area (Å²) in [4.78, 5) is 9.08. The van der Waals surface area contributed by atoms with Crippen LogP contribution in [-0.4, -0.2) is 38.7 Å². The van der Waals surface area contributed by atoms with Gasteiger partial charge < -0.3 is 15.4 Å². The average molecular weight is 443 g/mol. The molecule has 0 spiro atoms. The molecule has 1 fully saturated rings. The van der Waals surface area contributed by atoms with Crippen molar-refractivity contribution in [2.45, 2.75) is 64.0 Å². The van der Waals surface area contributed by atoms with Crippen molar-refractivity contribution in [1.82, 2.24) is 15.6 Å². The van der Waals surface area contributed by atoms with Gasteiger partial charge in [0.15, 0.2) is 5.96 Å². The molecular weight excluding hydrogens is 408 g/mol. The Morgan fingerprint density at radius 3 is 2.81 bits per heavy atom. The number of benzene rings is 1. The molecule has 1 aliphatic rings. The number of pyridine rings is 1. The third-order valence-corrected chi connectivity index (χ3v) is 7.16. The number of rotatable bonds is 9. The average Bonchev–Trinajstić information content (AvgIpc) is 2.82. The first kappa shape index (κ1) is 23.3. The largest absolute Gasteiger partial charge is 0.473 e. The highest BCUT2D eigenvalue weighted by Crippen LogP contribution is 2.23. The summed E-state index contributed by atoms with van der Waals surface area (Å²) in [6.45, 7) is 5.90. The van der Waals surface area contributed by atoms with Crippen molar-refractivity contribution in [2.24, 2.45) is 4.99 Å². The molecule has 6 nitrogen and oxygen atoms in total. The van der Waals surface area contributed by atoms with Crippen LogP contribution in [0.15, 0.2) is 53.7 Å². The Hall–Kier alpha value is -2.41. The van der Waals surface area contributed by atoms with Crippen molar-refractivity contribution in [1.29, 1.82) is 0 Å². The van der Waals surface area contributed by atoms with E-state index in [0.717, 1.165) is 55.1 Å². The number of aliphatic imine (C=N–C) groups is 1. The summed E-state index contributed by atoms with van der Waals surface area (Å²) in [5, 5.41) is 7.19. The van der Waals surface area contributed by atoms with Gasteiger partial charge in [-0.25, -0.2) is 9.98 Å². The molecule has 0 aliphatic heterocycles. The zero-order valence-corrected chi connectivity index (χ0v) is 19.4. The Bertz CT molecular complexity index is 860. The van der Waals surface area contributed by atoms with Crippen molar-refractivity contribution in [3.63, 3.8) is 0 Å². The van der Waals surface area contributed by atoms with E-state index in [4.69, 9.17) is 9.73 Å². The highest BCUT2D eigenvalue weighted by Gasteiger charge is 2.26. The molecule has 1 aliphatic carbocycles. The van der Waals surface area contributed by atoms with Crippen LogP contribution in [-0.2, 0) is 24.0 Å². The number of nitrogens with one attached hydrogen (secondary N) is 2. The van der Waals surface area contributed by atoms with Gasteiger partial charge >= 0.3 is 0 Å². The maximum absolute atomic E-state index is 12.2. The number of hydrogen-bond donors (Lipinski definition) is 2. The molecule has 31 heavy (non-hydrogen) atoms. The molecule has 7 heteroatoms. The molecule has 2 aromatic rings. The zero-order chi connectivity index (χ0) is 21.9. The van der Waals surface area contributed by atoms with Gasteiger partial charge in [0.2, 0.25) is 5.88 Å². The first-order chi connectivity index (χ1) is 15.2. The fraction of sp³-hybridized carbons (Fsp3) is 0.500. The molecule has 3 atom stereocenters. The number of ether oxygens (including phenoxy) is 1. The van der Waals surface area contributed by atoms with E-state index in [1.807, 2.05) is 49.4 Å². The van der Waals surface area contributed by atoms with Crippen LogP contribution in [0.3, 0.4) is 0 Å². The SMILES string of the molecule is CCNC(=NCc1ccnc(OCc2ccccc2)c1)NC1CCCC(S(=O)CC)C1. The summed E-state index contributed by atoms with van der Waals surface area (Å²) in [5.41, 5.74) is 2.16. The standard InChI is InChI=1S/C24H34N4O2S/c1-3-25-24(28-21-11-8-12-22(16-21)31(29)4-2)27-17-20-13-14-26-23(15-20)30-18-19-9-6-5-7-10-19/h5-7,9-10,13-15,21-22H,3-4,8,11-12,16-18H2,1-2H3,(H2,25,27,28). The fourth-order valence-corrected chi connectivity index (χ4v) is 5.14. The topological polar surface area (TPSA) is 75.6 Å². The van der Waals surface area contributed by atoms with Crippen molar-refractivity contribution in [3.05, 3.63) is 59.8 Å². The van der Waals surface area contributed by atoms with Gasteiger partial charge in [-0.1, -0.05) is 43.7 Å². The molecule has 0 bridgehead atoms. The second kappa shape index (κ2) is 12.4. The number of guanidine groups is 1.